The molecule has 0 aliphatic rings. The predicted molar refractivity (Wildman–Crippen MR) is 54.9 cm³/mol. The van der Waals surface area contributed by atoms with Crippen LogP contribution in [-0.4, -0.2) is 11.0 Å². The third-order valence-corrected chi connectivity index (χ3v) is 1.84. The highest BCUT2D eigenvalue weighted by Gasteiger charge is 2.14. The SMILES string of the molecule is CC(N)Cc1cc(N)ccc1[N+](=O)[O-]. The molecule has 1 atom stereocenters. The summed E-state index contributed by atoms with van der Waals surface area (Å²) in [7, 11) is 0. The van der Waals surface area contributed by atoms with Crippen molar-refractivity contribution in [3.63, 3.8) is 0 Å². The lowest BCUT2D eigenvalue weighted by Gasteiger charge is -2.06. The first kappa shape index (κ1) is 10.5. The van der Waals surface area contributed by atoms with Gasteiger partial charge in [-0.05, 0) is 25.5 Å². The summed E-state index contributed by atoms with van der Waals surface area (Å²) in [6.07, 6.45) is 0.460. The molecule has 4 N–H and O–H groups in total. The smallest absolute Gasteiger partial charge is 0.272 e. The monoisotopic (exact) mass is 195 g/mol. The minimum atomic E-state index is -0.419. The van der Waals surface area contributed by atoms with E-state index < -0.39 is 4.92 Å². The van der Waals surface area contributed by atoms with Crippen molar-refractivity contribution in [1.82, 2.24) is 0 Å². The number of anilines is 1. The zero-order chi connectivity index (χ0) is 10.7. The van der Waals surface area contributed by atoms with Crippen LogP contribution < -0.4 is 11.5 Å². The van der Waals surface area contributed by atoms with Gasteiger partial charge >= 0.3 is 0 Å². The summed E-state index contributed by atoms with van der Waals surface area (Å²) in [5, 5.41) is 10.6. The average Bonchev–Trinajstić information content (AvgIpc) is 2.01. The summed E-state index contributed by atoms with van der Waals surface area (Å²) in [5.74, 6) is 0. The van der Waals surface area contributed by atoms with Crippen molar-refractivity contribution in [2.24, 2.45) is 5.73 Å². The quantitative estimate of drug-likeness (QED) is 0.428. The van der Waals surface area contributed by atoms with Gasteiger partial charge in [0.25, 0.3) is 5.69 Å². The molecular formula is C9H13N3O2. The minimum Gasteiger partial charge on any atom is -0.399 e. The lowest BCUT2D eigenvalue weighted by Crippen LogP contribution is -2.18. The van der Waals surface area contributed by atoms with Crippen LogP contribution in [0.3, 0.4) is 0 Å². The standard InChI is InChI=1S/C9H13N3O2/c1-6(10)4-7-5-8(11)2-3-9(7)12(13)14/h2-3,5-6H,4,10-11H2,1H3. The average molecular weight is 195 g/mol. The van der Waals surface area contributed by atoms with E-state index in [1.54, 1.807) is 13.0 Å². The van der Waals surface area contributed by atoms with Crippen molar-refractivity contribution < 1.29 is 4.92 Å². The van der Waals surface area contributed by atoms with Crippen molar-refractivity contribution in [2.75, 3.05) is 5.73 Å². The van der Waals surface area contributed by atoms with Gasteiger partial charge in [-0.3, -0.25) is 10.1 Å². The second-order valence-electron chi connectivity index (χ2n) is 3.33. The Kier molecular flexibility index (Phi) is 3.03. The van der Waals surface area contributed by atoms with Crippen LogP contribution in [0.25, 0.3) is 0 Å². The van der Waals surface area contributed by atoms with E-state index in [2.05, 4.69) is 0 Å². The largest absolute Gasteiger partial charge is 0.399 e. The van der Waals surface area contributed by atoms with Gasteiger partial charge in [0.1, 0.15) is 0 Å². The number of hydrogen-bond donors (Lipinski definition) is 2. The molecule has 1 aromatic rings. The van der Waals surface area contributed by atoms with E-state index >= 15 is 0 Å². The molecule has 5 nitrogen and oxygen atoms in total. The lowest BCUT2D eigenvalue weighted by atomic mass is 10.1. The third kappa shape index (κ3) is 2.43. The Morgan fingerprint density at radius 1 is 1.57 bits per heavy atom. The summed E-state index contributed by atoms with van der Waals surface area (Å²) in [5.41, 5.74) is 12.3. The molecule has 0 spiro atoms. The van der Waals surface area contributed by atoms with Gasteiger partial charge in [-0.15, -0.1) is 0 Å². The summed E-state index contributed by atoms with van der Waals surface area (Å²) < 4.78 is 0. The maximum absolute atomic E-state index is 10.6. The fourth-order valence-corrected chi connectivity index (χ4v) is 1.29. The highest BCUT2D eigenvalue weighted by Crippen LogP contribution is 2.22. The zero-order valence-corrected chi connectivity index (χ0v) is 7.93. The Morgan fingerprint density at radius 3 is 2.71 bits per heavy atom. The predicted octanol–water partition coefficient (Wildman–Crippen LogP) is 1.07. The molecule has 14 heavy (non-hydrogen) atoms. The van der Waals surface area contributed by atoms with Crippen LogP contribution in [0, 0.1) is 10.1 Å². The Labute approximate surface area is 81.9 Å². The fraction of sp³-hybridized carbons (Fsp3) is 0.333. The van der Waals surface area contributed by atoms with Gasteiger partial charge in [0.2, 0.25) is 0 Å². The van der Waals surface area contributed by atoms with Crippen LogP contribution in [0.1, 0.15) is 12.5 Å². The number of hydrogen-bond acceptors (Lipinski definition) is 4. The van der Waals surface area contributed by atoms with Crippen molar-refractivity contribution >= 4 is 11.4 Å². The first-order chi connectivity index (χ1) is 6.50. The van der Waals surface area contributed by atoms with Crippen LogP contribution >= 0.6 is 0 Å². The number of rotatable bonds is 3. The van der Waals surface area contributed by atoms with Gasteiger partial charge in [0.05, 0.1) is 4.92 Å². The van der Waals surface area contributed by atoms with E-state index in [0.29, 0.717) is 17.7 Å². The topological polar surface area (TPSA) is 95.2 Å². The van der Waals surface area contributed by atoms with Gasteiger partial charge < -0.3 is 11.5 Å². The lowest BCUT2D eigenvalue weighted by molar-refractivity contribution is -0.385. The summed E-state index contributed by atoms with van der Waals surface area (Å²) >= 11 is 0. The molecule has 1 unspecified atom stereocenters. The molecule has 1 rings (SSSR count). The molecule has 0 amide bonds. The van der Waals surface area contributed by atoms with Gasteiger partial charge in [-0.2, -0.15) is 0 Å². The van der Waals surface area contributed by atoms with E-state index in [1.807, 2.05) is 0 Å². The number of benzene rings is 1. The second kappa shape index (κ2) is 4.06. The number of nitro groups is 1. The molecule has 0 saturated heterocycles. The van der Waals surface area contributed by atoms with E-state index in [1.165, 1.54) is 12.1 Å². The van der Waals surface area contributed by atoms with Crippen molar-refractivity contribution in [3.05, 3.63) is 33.9 Å². The minimum absolute atomic E-state index is 0.0801. The number of nitro benzene ring substituents is 1. The fourth-order valence-electron chi connectivity index (χ4n) is 1.29. The molecule has 76 valence electrons. The van der Waals surface area contributed by atoms with Gasteiger partial charge in [0, 0.05) is 23.4 Å². The van der Waals surface area contributed by atoms with E-state index in [0.717, 1.165) is 0 Å². The summed E-state index contributed by atoms with van der Waals surface area (Å²) in [6.45, 7) is 1.80. The van der Waals surface area contributed by atoms with E-state index in [4.69, 9.17) is 11.5 Å². The summed E-state index contributed by atoms with van der Waals surface area (Å²) in [6, 6.07) is 4.41. The zero-order valence-electron chi connectivity index (χ0n) is 7.93. The normalized spacial score (nSPS) is 12.4. The molecular weight excluding hydrogens is 182 g/mol. The molecule has 0 radical (unpaired) electrons. The van der Waals surface area contributed by atoms with Crippen LogP contribution in [0.2, 0.25) is 0 Å². The molecule has 0 bridgehead atoms. The maximum Gasteiger partial charge on any atom is 0.272 e. The van der Waals surface area contributed by atoms with Gasteiger partial charge in [-0.25, -0.2) is 0 Å². The highest BCUT2D eigenvalue weighted by atomic mass is 16.6. The molecule has 0 heterocycles. The van der Waals surface area contributed by atoms with Crippen LogP contribution in [0.5, 0.6) is 0 Å². The molecule has 1 aromatic carbocycles. The van der Waals surface area contributed by atoms with Gasteiger partial charge in [-0.1, -0.05) is 0 Å². The van der Waals surface area contributed by atoms with Gasteiger partial charge in [0.15, 0.2) is 0 Å². The molecule has 0 aromatic heterocycles. The van der Waals surface area contributed by atoms with E-state index in [9.17, 15) is 10.1 Å². The number of nitrogens with two attached hydrogens (primary N) is 2. The first-order valence-electron chi connectivity index (χ1n) is 4.29. The highest BCUT2D eigenvalue weighted by molar-refractivity contribution is 5.51. The third-order valence-electron chi connectivity index (χ3n) is 1.84. The van der Waals surface area contributed by atoms with Crippen molar-refractivity contribution in [3.8, 4) is 0 Å². The van der Waals surface area contributed by atoms with Crippen molar-refractivity contribution in [1.29, 1.82) is 0 Å². The Morgan fingerprint density at radius 2 is 2.21 bits per heavy atom. The summed E-state index contributed by atoms with van der Waals surface area (Å²) in [4.78, 5) is 10.2. The van der Waals surface area contributed by atoms with Crippen LogP contribution in [0.4, 0.5) is 11.4 Å². The van der Waals surface area contributed by atoms with Crippen LogP contribution in [0.15, 0.2) is 18.2 Å². The van der Waals surface area contributed by atoms with Crippen LogP contribution in [-0.2, 0) is 6.42 Å². The van der Waals surface area contributed by atoms with E-state index in [-0.39, 0.29) is 11.7 Å². The molecule has 0 aliphatic carbocycles. The number of nitrogen functional groups attached to an aromatic ring is 1. The molecule has 0 aliphatic heterocycles. The first-order valence-corrected chi connectivity index (χ1v) is 4.29. The molecule has 5 heteroatoms. The Balaban J connectivity index is 3.09. The van der Waals surface area contributed by atoms with Crippen molar-refractivity contribution in [2.45, 2.75) is 19.4 Å². The second-order valence-corrected chi connectivity index (χ2v) is 3.33. The Bertz CT molecular complexity index is 350. The maximum atomic E-state index is 10.6. The molecule has 0 saturated carbocycles. The molecule has 0 fully saturated rings. The number of nitrogens with zero attached hydrogens (tertiary/aromatic N) is 1. The Hall–Kier alpha value is -1.62.